The standard InChI is InChI=1S/C12H18N4O4/c17-7-6-14-11(13-8-12(14)16(19)20)9-15(18)10-4-2-1-3-5-10/h8-10,17H,1-7H2. The molecule has 0 radical (unpaired) electrons. The van der Waals surface area contributed by atoms with Crippen molar-refractivity contribution in [3.05, 3.63) is 27.3 Å². The van der Waals surface area contributed by atoms with Gasteiger partial charge < -0.3 is 20.4 Å². The third-order valence-corrected chi connectivity index (χ3v) is 3.55. The van der Waals surface area contributed by atoms with Crippen LogP contribution in [0.4, 0.5) is 5.82 Å². The van der Waals surface area contributed by atoms with E-state index in [1.807, 2.05) is 0 Å². The Balaban J connectivity index is 2.25. The van der Waals surface area contributed by atoms with Crippen molar-refractivity contribution in [3.63, 3.8) is 0 Å². The second-order valence-electron chi connectivity index (χ2n) is 4.89. The van der Waals surface area contributed by atoms with Crippen LogP contribution in [0.5, 0.6) is 0 Å². The topological polar surface area (TPSA) is 107 Å². The van der Waals surface area contributed by atoms with E-state index >= 15 is 0 Å². The molecule has 0 aromatic carbocycles. The largest absolute Gasteiger partial charge is 0.623 e. The maximum Gasteiger partial charge on any atom is 0.343 e. The predicted molar refractivity (Wildman–Crippen MR) is 71.6 cm³/mol. The fourth-order valence-electron chi connectivity index (χ4n) is 2.51. The van der Waals surface area contributed by atoms with E-state index in [2.05, 4.69) is 4.98 Å². The summed E-state index contributed by atoms with van der Waals surface area (Å²) in [5, 5.41) is 31.9. The zero-order chi connectivity index (χ0) is 14.5. The first-order valence-electron chi connectivity index (χ1n) is 6.74. The normalized spacial score (nSPS) is 17.4. The van der Waals surface area contributed by atoms with E-state index < -0.39 is 4.92 Å². The number of nitrogens with zero attached hydrogens (tertiary/aromatic N) is 4. The van der Waals surface area contributed by atoms with Gasteiger partial charge in [-0.25, -0.2) is 9.72 Å². The minimum absolute atomic E-state index is 0.0423. The van der Waals surface area contributed by atoms with Crippen LogP contribution in [-0.4, -0.2) is 43.2 Å². The Bertz CT molecular complexity index is 506. The van der Waals surface area contributed by atoms with Crippen molar-refractivity contribution in [2.45, 2.75) is 44.7 Å². The summed E-state index contributed by atoms with van der Waals surface area (Å²) in [4.78, 5) is 14.2. The number of rotatable bonds is 5. The number of hydrogen-bond donors (Lipinski definition) is 1. The van der Waals surface area contributed by atoms with E-state index in [1.165, 1.54) is 10.8 Å². The number of aliphatic hydroxyl groups is 1. The summed E-state index contributed by atoms with van der Waals surface area (Å²) in [6.45, 7) is -0.207. The summed E-state index contributed by atoms with van der Waals surface area (Å²) >= 11 is 0. The molecule has 2 rings (SSSR count). The zero-order valence-electron chi connectivity index (χ0n) is 11.1. The van der Waals surface area contributed by atoms with Gasteiger partial charge in [0.1, 0.15) is 12.7 Å². The number of imidazole rings is 1. The monoisotopic (exact) mass is 282 g/mol. The van der Waals surface area contributed by atoms with Crippen LogP contribution in [-0.2, 0) is 6.54 Å². The smallest absolute Gasteiger partial charge is 0.343 e. The molecule has 1 aromatic rings. The average Bonchev–Trinajstić information content (AvgIpc) is 2.83. The van der Waals surface area contributed by atoms with E-state index in [-0.39, 0.29) is 30.8 Å². The molecule has 20 heavy (non-hydrogen) atoms. The van der Waals surface area contributed by atoms with Gasteiger partial charge in [-0.2, -0.15) is 4.57 Å². The minimum Gasteiger partial charge on any atom is -0.623 e. The average molecular weight is 282 g/mol. The third-order valence-electron chi connectivity index (χ3n) is 3.55. The van der Waals surface area contributed by atoms with Crippen LogP contribution >= 0.6 is 0 Å². The molecule has 1 saturated carbocycles. The lowest BCUT2D eigenvalue weighted by molar-refractivity contribution is -0.501. The summed E-state index contributed by atoms with van der Waals surface area (Å²) in [6, 6.07) is -0.0814. The van der Waals surface area contributed by atoms with Gasteiger partial charge in [0.15, 0.2) is 6.04 Å². The quantitative estimate of drug-likeness (QED) is 0.285. The van der Waals surface area contributed by atoms with Crippen LogP contribution in [0.3, 0.4) is 0 Å². The van der Waals surface area contributed by atoms with Gasteiger partial charge in [0, 0.05) is 12.8 Å². The van der Waals surface area contributed by atoms with Gasteiger partial charge in [-0.15, -0.1) is 0 Å². The Labute approximate surface area is 116 Å². The molecule has 1 aliphatic rings. The summed E-state index contributed by atoms with van der Waals surface area (Å²) < 4.78 is 2.09. The molecule has 0 atom stereocenters. The van der Waals surface area contributed by atoms with Crippen molar-refractivity contribution in [1.29, 1.82) is 0 Å². The fourth-order valence-corrected chi connectivity index (χ4v) is 2.51. The Kier molecular flexibility index (Phi) is 4.67. The van der Waals surface area contributed by atoms with Gasteiger partial charge >= 0.3 is 5.82 Å². The van der Waals surface area contributed by atoms with E-state index in [1.54, 1.807) is 0 Å². The molecule has 0 bridgehead atoms. The maximum absolute atomic E-state index is 12.1. The Morgan fingerprint density at radius 1 is 1.40 bits per heavy atom. The lowest BCUT2D eigenvalue weighted by atomic mass is 9.96. The molecule has 8 nitrogen and oxygen atoms in total. The van der Waals surface area contributed by atoms with Crippen LogP contribution < -0.4 is 0 Å². The number of hydroxylamine groups is 1. The summed E-state index contributed by atoms with van der Waals surface area (Å²) in [5.41, 5.74) is 0. The van der Waals surface area contributed by atoms with Crippen molar-refractivity contribution >= 4 is 12.0 Å². The highest BCUT2D eigenvalue weighted by Crippen LogP contribution is 2.20. The van der Waals surface area contributed by atoms with Crippen molar-refractivity contribution in [2.24, 2.45) is 0 Å². The van der Waals surface area contributed by atoms with E-state index in [0.717, 1.165) is 43.0 Å². The van der Waals surface area contributed by atoms with Gasteiger partial charge in [-0.05, 0) is 17.8 Å². The van der Waals surface area contributed by atoms with Crippen molar-refractivity contribution in [1.82, 2.24) is 9.55 Å². The minimum atomic E-state index is -0.574. The van der Waals surface area contributed by atoms with Crippen LogP contribution in [0.15, 0.2) is 6.20 Å². The molecule has 1 heterocycles. The Morgan fingerprint density at radius 2 is 2.10 bits per heavy atom. The molecular formula is C12H18N4O4. The van der Waals surface area contributed by atoms with E-state index in [4.69, 9.17) is 5.11 Å². The molecule has 0 unspecified atom stereocenters. The summed E-state index contributed by atoms with van der Waals surface area (Å²) in [6.07, 6.45) is 7.28. The van der Waals surface area contributed by atoms with Gasteiger partial charge in [-0.1, -0.05) is 6.42 Å². The first-order valence-corrected chi connectivity index (χ1v) is 6.74. The van der Waals surface area contributed by atoms with Crippen LogP contribution in [0.25, 0.3) is 0 Å². The highest BCUT2D eigenvalue weighted by Gasteiger charge is 2.24. The van der Waals surface area contributed by atoms with Gasteiger partial charge in [-0.3, -0.25) is 0 Å². The third kappa shape index (κ3) is 3.13. The lowest BCUT2D eigenvalue weighted by Gasteiger charge is -2.20. The molecule has 8 heteroatoms. The van der Waals surface area contributed by atoms with Crippen molar-refractivity contribution in [3.8, 4) is 0 Å². The number of nitro groups is 1. The highest BCUT2D eigenvalue weighted by molar-refractivity contribution is 5.71. The van der Waals surface area contributed by atoms with E-state index in [0.29, 0.717) is 0 Å². The summed E-state index contributed by atoms with van der Waals surface area (Å²) in [7, 11) is 0. The van der Waals surface area contributed by atoms with Crippen LogP contribution in [0.1, 0.15) is 37.9 Å². The molecule has 1 aliphatic carbocycles. The lowest BCUT2D eigenvalue weighted by Crippen LogP contribution is -2.26. The molecule has 0 aliphatic heterocycles. The highest BCUT2D eigenvalue weighted by atomic mass is 16.6. The molecule has 110 valence electrons. The van der Waals surface area contributed by atoms with Crippen LogP contribution in [0.2, 0.25) is 0 Å². The second-order valence-corrected chi connectivity index (χ2v) is 4.89. The van der Waals surface area contributed by atoms with Crippen molar-refractivity contribution in [2.75, 3.05) is 6.61 Å². The number of aliphatic hydroxyl groups excluding tert-OH is 1. The summed E-state index contributed by atoms with van der Waals surface area (Å²) in [5.74, 6) is -0.00586. The molecule has 0 amide bonds. The molecule has 1 aromatic heterocycles. The van der Waals surface area contributed by atoms with Gasteiger partial charge in [0.25, 0.3) is 5.82 Å². The number of aromatic nitrogens is 2. The maximum atomic E-state index is 12.1. The van der Waals surface area contributed by atoms with Crippen LogP contribution in [0, 0.1) is 15.3 Å². The Hall–Kier alpha value is -1.96. The van der Waals surface area contributed by atoms with Crippen molar-refractivity contribution < 1.29 is 14.8 Å². The molecular weight excluding hydrogens is 264 g/mol. The molecule has 1 fully saturated rings. The zero-order valence-corrected chi connectivity index (χ0v) is 11.1. The first kappa shape index (κ1) is 14.4. The molecule has 0 spiro atoms. The number of hydrogen-bond acceptors (Lipinski definition) is 5. The molecule has 0 saturated heterocycles. The van der Waals surface area contributed by atoms with E-state index in [9.17, 15) is 15.3 Å². The predicted octanol–water partition coefficient (Wildman–Crippen LogP) is 1.05. The van der Waals surface area contributed by atoms with Gasteiger partial charge in [0.05, 0.1) is 6.61 Å². The molecule has 1 N–H and O–H groups in total. The van der Waals surface area contributed by atoms with Gasteiger partial charge in [0.2, 0.25) is 6.21 Å². The Morgan fingerprint density at radius 3 is 2.70 bits per heavy atom. The SMILES string of the molecule is O=[N+]([O-])c1cnc(C=[N+]([O-])C2CCCCC2)n1CCO. The second kappa shape index (κ2) is 6.47. The first-order chi connectivity index (χ1) is 9.63. The fraction of sp³-hybridized carbons (Fsp3) is 0.667.